The van der Waals surface area contributed by atoms with Gasteiger partial charge >= 0.3 is 6.03 Å². The Morgan fingerprint density at radius 3 is 2.50 bits per heavy atom. The van der Waals surface area contributed by atoms with Crippen molar-refractivity contribution in [1.82, 2.24) is 4.98 Å². The van der Waals surface area contributed by atoms with Gasteiger partial charge in [-0.3, -0.25) is 5.32 Å². The van der Waals surface area contributed by atoms with Crippen molar-refractivity contribution in [3.63, 3.8) is 0 Å². The average Bonchev–Trinajstić information content (AvgIpc) is 3.19. The number of hydrogen-bond acceptors (Lipinski definition) is 4. The first kappa shape index (κ1) is 18.6. The van der Waals surface area contributed by atoms with E-state index in [0.29, 0.717) is 32.4 Å². The van der Waals surface area contributed by atoms with Gasteiger partial charge in [0.15, 0.2) is 16.6 Å². The van der Waals surface area contributed by atoms with Gasteiger partial charge in [-0.1, -0.05) is 59.6 Å². The molecule has 0 aliphatic carbocycles. The number of hydrogen-bond donors (Lipinski definition) is 2. The minimum Gasteiger partial charge on any atom is -0.453 e. The van der Waals surface area contributed by atoms with Gasteiger partial charge in [0.05, 0.1) is 15.7 Å². The Morgan fingerprint density at radius 2 is 1.71 bits per heavy atom. The second kappa shape index (κ2) is 8.06. The quantitative estimate of drug-likeness (QED) is 0.365. The lowest BCUT2D eigenvalue weighted by atomic mass is 10.1. The Hall–Kier alpha value is -2.80. The van der Waals surface area contributed by atoms with E-state index in [1.165, 1.54) is 11.3 Å². The third-order valence-corrected chi connectivity index (χ3v) is 5.18. The molecule has 5 nitrogen and oxygen atoms in total. The SMILES string of the molecule is O=C(Nc1nccs1)Nc1ccccc1Oc1c(Cl)cc(Cl)c2ccccc12. The van der Waals surface area contributed by atoms with E-state index in [4.69, 9.17) is 27.9 Å². The van der Waals surface area contributed by atoms with Crippen molar-refractivity contribution in [2.45, 2.75) is 0 Å². The molecule has 8 heteroatoms. The molecule has 0 spiro atoms. The van der Waals surface area contributed by atoms with E-state index >= 15 is 0 Å². The van der Waals surface area contributed by atoms with Gasteiger partial charge in [0.2, 0.25) is 0 Å². The lowest BCUT2D eigenvalue weighted by molar-refractivity contribution is 0.262. The van der Waals surface area contributed by atoms with Crippen molar-refractivity contribution in [2.75, 3.05) is 10.6 Å². The molecule has 140 valence electrons. The number of urea groups is 1. The summed E-state index contributed by atoms with van der Waals surface area (Å²) in [4.78, 5) is 16.3. The summed E-state index contributed by atoms with van der Waals surface area (Å²) < 4.78 is 6.10. The van der Waals surface area contributed by atoms with Gasteiger partial charge in [-0.05, 0) is 18.2 Å². The fourth-order valence-corrected chi connectivity index (χ4v) is 3.78. The fourth-order valence-electron chi connectivity index (χ4n) is 2.68. The largest absolute Gasteiger partial charge is 0.453 e. The lowest BCUT2D eigenvalue weighted by Crippen LogP contribution is -2.19. The predicted octanol–water partition coefficient (Wildman–Crippen LogP) is 7.04. The standard InChI is InChI=1S/C20H13Cl2N3O2S/c21-14-11-15(22)18(13-6-2-1-5-12(13)14)27-17-8-4-3-7-16(17)24-19(26)25-20-23-9-10-28-20/h1-11H,(H2,23,24,25,26). The average molecular weight is 430 g/mol. The molecule has 0 saturated carbocycles. The van der Waals surface area contributed by atoms with Gasteiger partial charge in [-0.25, -0.2) is 9.78 Å². The van der Waals surface area contributed by atoms with Crippen molar-refractivity contribution in [1.29, 1.82) is 0 Å². The van der Waals surface area contributed by atoms with E-state index in [0.717, 1.165) is 10.8 Å². The van der Waals surface area contributed by atoms with Crippen LogP contribution in [0.25, 0.3) is 10.8 Å². The molecule has 4 aromatic rings. The number of nitrogens with one attached hydrogen (secondary N) is 2. The first-order chi connectivity index (χ1) is 13.6. The van der Waals surface area contributed by atoms with Crippen molar-refractivity contribution in [2.24, 2.45) is 0 Å². The molecule has 0 atom stereocenters. The van der Waals surface area contributed by atoms with E-state index in [-0.39, 0.29) is 0 Å². The summed E-state index contributed by atoms with van der Waals surface area (Å²) in [5.41, 5.74) is 0.492. The van der Waals surface area contributed by atoms with Crippen molar-refractivity contribution in [3.8, 4) is 11.5 Å². The number of anilines is 2. The highest BCUT2D eigenvalue weighted by Gasteiger charge is 2.15. The molecule has 2 amide bonds. The van der Waals surface area contributed by atoms with Crippen molar-refractivity contribution < 1.29 is 9.53 Å². The zero-order valence-corrected chi connectivity index (χ0v) is 16.6. The molecule has 1 aromatic heterocycles. The molecular weight excluding hydrogens is 417 g/mol. The minimum atomic E-state index is -0.418. The molecule has 0 unspecified atom stereocenters. The van der Waals surface area contributed by atoms with Crippen LogP contribution in [0.5, 0.6) is 11.5 Å². The van der Waals surface area contributed by atoms with Crippen LogP contribution in [0, 0.1) is 0 Å². The second-order valence-electron chi connectivity index (χ2n) is 5.73. The minimum absolute atomic E-state index is 0.380. The zero-order chi connectivity index (χ0) is 19.5. The maximum atomic E-state index is 12.3. The van der Waals surface area contributed by atoms with E-state index in [9.17, 15) is 4.79 Å². The number of amides is 2. The van der Waals surface area contributed by atoms with Gasteiger partial charge in [0.25, 0.3) is 0 Å². The van der Waals surface area contributed by atoms with Crippen LogP contribution in [0.15, 0.2) is 66.2 Å². The highest BCUT2D eigenvalue weighted by Crippen LogP contribution is 2.41. The molecule has 3 aromatic carbocycles. The van der Waals surface area contributed by atoms with Crippen molar-refractivity contribution >= 4 is 62.2 Å². The Kier molecular flexibility index (Phi) is 5.34. The highest BCUT2D eigenvalue weighted by atomic mass is 35.5. The number of carbonyl (C=O) groups excluding carboxylic acids is 1. The number of carbonyl (C=O) groups is 1. The maximum absolute atomic E-state index is 12.3. The molecule has 0 aliphatic rings. The van der Waals surface area contributed by atoms with Gasteiger partial charge in [0, 0.05) is 22.3 Å². The molecule has 0 aliphatic heterocycles. The molecular formula is C20H13Cl2N3O2S. The van der Waals surface area contributed by atoms with E-state index < -0.39 is 6.03 Å². The van der Waals surface area contributed by atoms with E-state index in [1.807, 2.05) is 30.3 Å². The monoisotopic (exact) mass is 429 g/mol. The Labute approximate surface area is 174 Å². The van der Waals surface area contributed by atoms with Crippen LogP contribution in [0.1, 0.15) is 0 Å². The molecule has 1 heterocycles. The first-order valence-corrected chi connectivity index (χ1v) is 9.86. The van der Waals surface area contributed by atoms with E-state index in [1.54, 1.807) is 35.8 Å². The third kappa shape index (κ3) is 3.89. The Balaban J connectivity index is 1.65. The Bertz CT molecular complexity index is 1150. The zero-order valence-electron chi connectivity index (χ0n) is 14.3. The topological polar surface area (TPSA) is 63.2 Å². The van der Waals surface area contributed by atoms with Crippen LogP contribution in [-0.4, -0.2) is 11.0 Å². The van der Waals surface area contributed by atoms with Gasteiger partial charge < -0.3 is 10.1 Å². The highest BCUT2D eigenvalue weighted by molar-refractivity contribution is 7.13. The summed E-state index contributed by atoms with van der Waals surface area (Å²) in [6.07, 6.45) is 1.62. The summed E-state index contributed by atoms with van der Waals surface area (Å²) in [5, 5.41) is 10.3. The maximum Gasteiger partial charge on any atom is 0.325 e. The van der Waals surface area contributed by atoms with Crippen LogP contribution in [0.2, 0.25) is 10.0 Å². The van der Waals surface area contributed by atoms with Gasteiger partial charge in [-0.15, -0.1) is 11.3 Å². The number of thiazole rings is 1. The number of ether oxygens (including phenoxy) is 1. The molecule has 2 N–H and O–H groups in total. The summed E-state index contributed by atoms with van der Waals surface area (Å²) in [5.74, 6) is 0.919. The number of para-hydroxylation sites is 2. The summed E-state index contributed by atoms with van der Waals surface area (Å²) in [7, 11) is 0. The molecule has 0 saturated heterocycles. The predicted molar refractivity (Wildman–Crippen MR) is 115 cm³/mol. The molecule has 4 rings (SSSR count). The number of rotatable bonds is 4. The normalized spacial score (nSPS) is 10.6. The number of benzene rings is 3. The summed E-state index contributed by atoms with van der Waals surface area (Å²) >= 11 is 14.0. The number of aromatic nitrogens is 1. The van der Waals surface area contributed by atoms with Crippen LogP contribution in [0.3, 0.4) is 0 Å². The van der Waals surface area contributed by atoms with Gasteiger partial charge in [0.1, 0.15) is 0 Å². The Morgan fingerprint density at radius 1 is 0.964 bits per heavy atom. The lowest BCUT2D eigenvalue weighted by Gasteiger charge is -2.15. The van der Waals surface area contributed by atoms with Gasteiger partial charge in [-0.2, -0.15) is 0 Å². The van der Waals surface area contributed by atoms with Crippen LogP contribution >= 0.6 is 34.5 Å². The third-order valence-electron chi connectivity index (χ3n) is 3.90. The molecule has 28 heavy (non-hydrogen) atoms. The molecule has 0 bridgehead atoms. The van der Waals surface area contributed by atoms with E-state index in [2.05, 4.69) is 15.6 Å². The molecule has 0 radical (unpaired) electrons. The number of halogens is 2. The summed E-state index contributed by atoms with van der Waals surface area (Å²) in [6.45, 7) is 0. The van der Waals surface area contributed by atoms with Crippen LogP contribution in [-0.2, 0) is 0 Å². The number of nitrogens with zero attached hydrogens (tertiary/aromatic N) is 1. The second-order valence-corrected chi connectivity index (χ2v) is 7.44. The molecule has 0 fully saturated rings. The fraction of sp³-hybridized carbons (Fsp3) is 0. The smallest absolute Gasteiger partial charge is 0.325 e. The number of fused-ring (bicyclic) bond motifs is 1. The van der Waals surface area contributed by atoms with Crippen LogP contribution in [0.4, 0.5) is 15.6 Å². The first-order valence-electron chi connectivity index (χ1n) is 8.23. The van der Waals surface area contributed by atoms with Crippen LogP contribution < -0.4 is 15.4 Å². The summed E-state index contributed by atoms with van der Waals surface area (Å²) in [6, 6.07) is 15.9. The van der Waals surface area contributed by atoms with Crippen molar-refractivity contribution in [3.05, 3.63) is 76.2 Å².